The summed E-state index contributed by atoms with van der Waals surface area (Å²) in [6.07, 6.45) is 4.23. The van der Waals surface area contributed by atoms with Crippen molar-refractivity contribution in [3.8, 4) is 17.9 Å². The second kappa shape index (κ2) is 6.11. The summed E-state index contributed by atoms with van der Waals surface area (Å²) in [6.45, 7) is 0. The first-order valence-electron chi connectivity index (χ1n) is 6.52. The lowest BCUT2D eigenvalue weighted by Gasteiger charge is -2.29. The third kappa shape index (κ3) is 2.98. The highest BCUT2D eigenvalue weighted by molar-refractivity contribution is 5.60. The zero-order chi connectivity index (χ0) is 13.7. The van der Waals surface area contributed by atoms with Crippen LogP contribution in [0.15, 0.2) is 18.2 Å². The van der Waals surface area contributed by atoms with Crippen LogP contribution in [0.2, 0.25) is 0 Å². The first kappa shape index (κ1) is 13.2. The van der Waals surface area contributed by atoms with Crippen LogP contribution < -0.4 is 10.1 Å². The molecule has 1 aromatic carbocycles. The Hall–Kier alpha value is -2.20. The molecule has 2 atom stereocenters. The van der Waals surface area contributed by atoms with Crippen molar-refractivity contribution in [1.82, 2.24) is 0 Å². The molecule has 2 unspecified atom stereocenters. The lowest BCUT2D eigenvalue weighted by Crippen LogP contribution is -2.31. The van der Waals surface area contributed by atoms with Gasteiger partial charge in [0.15, 0.2) is 0 Å². The molecule has 0 heterocycles. The van der Waals surface area contributed by atoms with E-state index in [1.54, 1.807) is 19.2 Å². The summed E-state index contributed by atoms with van der Waals surface area (Å²) < 4.78 is 5.30. The molecule has 4 nitrogen and oxygen atoms in total. The predicted octanol–water partition coefficient (Wildman–Crippen LogP) is 3.06. The molecule has 0 spiro atoms. The summed E-state index contributed by atoms with van der Waals surface area (Å²) in [6, 6.07) is 9.96. The summed E-state index contributed by atoms with van der Waals surface area (Å²) in [5.41, 5.74) is 1.43. The first-order valence-corrected chi connectivity index (χ1v) is 6.52. The third-order valence-corrected chi connectivity index (χ3v) is 3.60. The Morgan fingerprint density at radius 3 is 2.74 bits per heavy atom. The van der Waals surface area contributed by atoms with Crippen LogP contribution in [0.3, 0.4) is 0 Å². The Morgan fingerprint density at radius 2 is 2.05 bits per heavy atom. The minimum atomic E-state index is 0.0501. The highest BCUT2D eigenvalue weighted by atomic mass is 16.5. The van der Waals surface area contributed by atoms with Crippen molar-refractivity contribution in [3.05, 3.63) is 23.8 Å². The van der Waals surface area contributed by atoms with E-state index >= 15 is 0 Å². The van der Waals surface area contributed by atoms with Crippen molar-refractivity contribution in [2.45, 2.75) is 31.7 Å². The number of nitrogens with one attached hydrogen (secondary N) is 1. The van der Waals surface area contributed by atoms with Gasteiger partial charge in [-0.25, -0.2) is 0 Å². The van der Waals surface area contributed by atoms with Crippen molar-refractivity contribution < 1.29 is 4.74 Å². The van der Waals surface area contributed by atoms with Gasteiger partial charge in [0, 0.05) is 12.1 Å². The van der Waals surface area contributed by atoms with E-state index in [0.29, 0.717) is 11.3 Å². The maximum atomic E-state index is 9.18. The molecular weight excluding hydrogens is 238 g/mol. The molecule has 2 rings (SSSR count). The summed E-state index contributed by atoms with van der Waals surface area (Å²) in [5, 5.41) is 21.5. The van der Waals surface area contributed by atoms with Gasteiger partial charge in [-0.2, -0.15) is 10.5 Å². The number of methoxy groups -OCH3 is 1. The van der Waals surface area contributed by atoms with Gasteiger partial charge in [-0.15, -0.1) is 0 Å². The van der Waals surface area contributed by atoms with Gasteiger partial charge in [0.25, 0.3) is 0 Å². The number of rotatable bonds is 3. The number of hydrogen-bond acceptors (Lipinski definition) is 4. The van der Waals surface area contributed by atoms with E-state index in [1.165, 1.54) is 0 Å². The van der Waals surface area contributed by atoms with E-state index in [4.69, 9.17) is 10.00 Å². The molecule has 4 heteroatoms. The van der Waals surface area contributed by atoms with Gasteiger partial charge in [-0.05, 0) is 25.0 Å². The van der Waals surface area contributed by atoms with E-state index in [9.17, 15) is 5.26 Å². The average molecular weight is 255 g/mol. The number of ether oxygens (including phenoxy) is 1. The van der Waals surface area contributed by atoms with Crippen molar-refractivity contribution >= 4 is 5.69 Å². The van der Waals surface area contributed by atoms with Gasteiger partial charge in [-0.3, -0.25) is 0 Å². The van der Waals surface area contributed by atoms with E-state index < -0.39 is 0 Å². The number of anilines is 1. The fourth-order valence-electron chi connectivity index (χ4n) is 2.54. The molecule has 1 fully saturated rings. The zero-order valence-corrected chi connectivity index (χ0v) is 11.0. The number of nitriles is 2. The Labute approximate surface area is 113 Å². The largest absolute Gasteiger partial charge is 0.495 e. The molecule has 0 saturated heterocycles. The standard InChI is InChI=1S/C15H17N3O/c1-19-15-8-11(9-16)6-7-14(15)18-13-5-3-2-4-12(13)10-17/h6-8,12-13,18H,2-5H2,1H3. The highest BCUT2D eigenvalue weighted by Crippen LogP contribution is 2.31. The molecule has 0 aliphatic heterocycles. The second-order valence-electron chi connectivity index (χ2n) is 4.80. The summed E-state index contributed by atoms with van der Waals surface area (Å²) in [7, 11) is 1.59. The average Bonchev–Trinajstić information content (AvgIpc) is 2.48. The molecule has 1 aliphatic rings. The topological polar surface area (TPSA) is 68.8 Å². The van der Waals surface area contributed by atoms with E-state index in [1.807, 2.05) is 6.07 Å². The van der Waals surface area contributed by atoms with Gasteiger partial charge in [-0.1, -0.05) is 12.8 Å². The van der Waals surface area contributed by atoms with Crippen molar-refractivity contribution in [1.29, 1.82) is 10.5 Å². The van der Waals surface area contributed by atoms with Crippen LogP contribution in [-0.4, -0.2) is 13.2 Å². The van der Waals surface area contributed by atoms with Crippen LogP contribution in [0.1, 0.15) is 31.2 Å². The highest BCUT2D eigenvalue weighted by Gasteiger charge is 2.25. The van der Waals surface area contributed by atoms with Gasteiger partial charge >= 0.3 is 0 Å². The van der Waals surface area contributed by atoms with Crippen molar-refractivity contribution in [3.63, 3.8) is 0 Å². The third-order valence-electron chi connectivity index (χ3n) is 3.60. The molecule has 0 aromatic heterocycles. The van der Waals surface area contributed by atoms with E-state index in [2.05, 4.69) is 17.5 Å². The molecule has 1 aliphatic carbocycles. The van der Waals surface area contributed by atoms with E-state index in [-0.39, 0.29) is 12.0 Å². The number of hydrogen-bond donors (Lipinski definition) is 1. The lowest BCUT2D eigenvalue weighted by molar-refractivity contribution is 0.383. The van der Waals surface area contributed by atoms with Crippen molar-refractivity contribution in [2.75, 3.05) is 12.4 Å². The minimum absolute atomic E-state index is 0.0501. The molecule has 98 valence electrons. The smallest absolute Gasteiger partial charge is 0.143 e. The molecule has 0 radical (unpaired) electrons. The second-order valence-corrected chi connectivity index (χ2v) is 4.80. The normalized spacial score (nSPS) is 22.1. The van der Waals surface area contributed by atoms with Crippen LogP contribution in [0, 0.1) is 28.6 Å². The van der Waals surface area contributed by atoms with Gasteiger partial charge < -0.3 is 10.1 Å². The van der Waals surface area contributed by atoms with Gasteiger partial charge in [0.05, 0.1) is 36.4 Å². The molecular formula is C15H17N3O. The maximum Gasteiger partial charge on any atom is 0.143 e. The fraction of sp³-hybridized carbons (Fsp3) is 0.467. The molecule has 1 N–H and O–H groups in total. The predicted molar refractivity (Wildman–Crippen MR) is 72.7 cm³/mol. The Bertz CT molecular complexity index is 527. The number of benzene rings is 1. The van der Waals surface area contributed by atoms with Crippen LogP contribution in [0.5, 0.6) is 5.75 Å². The Balaban J connectivity index is 2.18. The van der Waals surface area contributed by atoms with Crippen molar-refractivity contribution in [2.24, 2.45) is 5.92 Å². The van der Waals surface area contributed by atoms with Gasteiger partial charge in [0.2, 0.25) is 0 Å². The van der Waals surface area contributed by atoms with Crippen LogP contribution >= 0.6 is 0 Å². The summed E-state index contributed by atoms with van der Waals surface area (Å²) >= 11 is 0. The zero-order valence-electron chi connectivity index (χ0n) is 11.0. The fourth-order valence-corrected chi connectivity index (χ4v) is 2.54. The monoisotopic (exact) mass is 255 g/mol. The molecule has 0 bridgehead atoms. The lowest BCUT2D eigenvalue weighted by atomic mass is 9.85. The SMILES string of the molecule is COc1cc(C#N)ccc1NC1CCCCC1C#N. The molecule has 0 amide bonds. The summed E-state index contributed by atoms with van der Waals surface area (Å²) in [4.78, 5) is 0. The minimum Gasteiger partial charge on any atom is -0.495 e. The Morgan fingerprint density at radius 1 is 1.26 bits per heavy atom. The maximum absolute atomic E-state index is 9.18. The molecule has 19 heavy (non-hydrogen) atoms. The molecule has 1 saturated carbocycles. The van der Waals surface area contributed by atoms with Crippen LogP contribution in [0.4, 0.5) is 5.69 Å². The van der Waals surface area contributed by atoms with E-state index in [0.717, 1.165) is 31.4 Å². The Kier molecular flexibility index (Phi) is 4.26. The quantitative estimate of drug-likeness (QED) is 0.901. The van der Waals surface area contributed by atoms with Gasteiger partial charge in [0.1, 0.15) is 5.75 Å². The first-order chi connectivity index (χ1) is 9.28. The van der Waals surface area contributed by atoms with Crippen LogP contribution in [-0.2, 0) is 0 Å². The number of nitrogens with zero attached hydrogens (tertiary/aromatic N) is 2. The summed E-state index contributed by atoms with van der Waals surface area (Å²) in [5.74, 6) is 0.704. The molecule has 1 aromatic rings. The van der Waals surface area contributed by atoms with Crippen LogP contribution in [0.25, 0.3) is 0 Å².